The highest BCUT2D eigenvalue weighted by atomic mass is 16.2. The summed E-state index contributed by atoms with van der Waals surface area (Å²) in [6.45, 7) is 3.89. The summed E-state index contributed by atoms with van der Waals surface area (Å²) >= 11 is 0. The van der Waals surface area contributed by atoms with Gasteiger partial charge < -0.3 is 20.5 Å². The molecule has 2 aromatic rings. The standard InChI is InChI=1S/C15H20N4O/c1-3-19-9-8-12(11-19)10-17-13-4-6-14(7-5-13)18-15(20)16-2/h4-9,11,17H,3,10H2,1-2H3,(H2,16,18,20). The molecule has 2 amide bonds. The number of carbonyl (C=O) groups is 1. The molecule has 5 heteroatoms. The normalized spacial score (nSPS) is 10.1. The van der Waals surface area contributed by atoms with Crippen molar-refractivity contribution in [2.24, 2.45) is 0 Å². The van der Waals surface area contributed by atoms with Gasteiger partial charge in [-0.2, -0.15) is 0 Å². The Kier molecular flexibility index (Phi) is 4.65. The quantitative estimate of drug-likeness (QED) is 0.784. The first-order valence-electron chi connectivity index (χ1n) is 6.68. The molecule has 20 heavy (non-hydrogen) atoms. The summed E-state index contributed by atoms with van der Waals surface area (Å²) in [5.74, 6) is 0. The van der Waals surface area contributed by atoms with Crippen LogP contribution in [-0.4, -0.2) is 17.6 Å². The van der Waals surface area contributed by atoms with E-state index in [1.54, 1.807) is 7.05 Å². The van der Waals surface area contributed by atoms with Gasteiger partial charge in [-0.1, -0.05) is 0 Å². The van der Waals surface area contributed by atoms with E-state index in [1.807, 2.05) is 24.3 Å². The molecule has 1 aromatic heterocycles. The molecule has 0 aliphatic heterocycles. The summed E-state index contributed by atoms with van der Waals surface area (Å²) in [4.78, 5) is 11.2. The van der Waals surface area contributed by atoms with Crippen LogP contribution in [0, 0.1) is 0 Å². The largest absolute Gasteiger partial charge is 0.381 e. The van der Waals surface area contributed by atoms with Crippen molar-refractivity contribution >= 4 is 17.4 Å². The number of benzene rings is 1. The Bertz CT molecular complexity index is 560. The fraction of sp³-hybridized carbons (Fsp3) is 0.267. The number of urea groups is 1. The minimum Gasteiger partial charge on any atom is -0.381 e. The molecule has 0 unspecified atom stereocenters. The Balaban J connectivity index is 1.88. The van der Waals surface area contributed by atoms with Crippen LogP contribution < -0.4 is 16.0 Å². The fourth-order valence-corrected chi connectivity index (χ4v) is 1.86. The zero-order chi connectivity index (χ0) is 14.4. The summed E-state index contributed by atoms with van der Waals surface area (Å²) < 4.78 is 2.15. The van der Waals surface area contributed by atoms with Gasteiger partial charge in [-0.15, -0.1) is 0 Å². The lowest BCUT2D eigenvalue weighted by Gasteiger charge is -2.07. The van der Waals surface area contributed by atoms with Crippen molar-refractivity contribution < 1.29 is 4.79 Å². The molecular formula is C15H20N4O. The summed E-state index contributed by atoms with van der Waals surface area (Å²) in [6.07, 6.45) is 4.21. The second-order valence-corrected chi connectivity index (χ2v) is 4.49. The SMILES string of the molecule is CCn1ccc(CNc2ccc(NC(=O)NC)cc2)c1. The maximum absolute atomic E-state index is 11.2. The van der Waals surface area contributed by atoms with Crippen LogP contribution in [0.3, 0.4) is 0 Å². The molecule has 0 bridgehead atoms. The molecule has 0 saturated carbocycles. The Labute approximate surface area is 119 Å². The minimum atomic E-state index is -0.216. The number of aryl methyl sites for hydroxylation is 1. The van der Waals surface area contributed by atoms with E-state index in [2.05, 4.69) is 45.9 Å². The van der Waals surface area contributed by atoms with Gasteiger partial charge in [0.25, 0.3) is 0 Å². The van der Waals surface area contributed by atoms with Crippen LogP contribution >= 0.6 is 0 Å². The Morgan fingerprint density at radius 2 is 1.85 bits per heavy atom. The summed E-state index contributed by atoms with van der Waals surface area (Å²) in [7, 11) is 1.59. The fourth-order valence-electron chi connectivity index (χ4n) is 1.86. The van der Waals surface area contributed by atoms with E-state index in [9.17, 15) is 4.79 Å². The summed E-state index contributed by atoms with van der Waals surface area (Å²) in [6, 6.07) is 9.53. The van der Waals surface area contributed by atoms with Crippen LogP contribution in [0.5, 0.6) is 0 Å². The maximum Gasteiger partial charge on any atom is 0.318 e. The Morgan fingerprint density at radius 1 is 1.15 bits per heavy atom. The molecule has 0 aliphatic rings. The molecule has 3 N–H and O–H groups in total. The van der Waals surface area contributed by atoms with E-state index in [4.69, 9.17) is 0 Å². The van der Waals surface area contributed by atoms with Crippen molar-refractivity contribution in [3.8, 4) is 0 Å². The van der Waals surface area contributed by atoms with Gasteiger partial charge in [0.2, 0.25) is 0 Å². The average molecular weight is 272 g/mol. The predicted molar refractivity (Wildman–Crippen MR) is 82.0 cm³/mol. The number of aromatic nitrogens is 1. The van der Waals surface area contributed by atoms with E-state index in [1.165, 1.54) is 5.56 Å². The molecule has 0 spiro atoms. The molecule has 1 aromatic carbocycles. The third-order valence-corrected chi connectivity index (χ3v) is 3.04. The highest BCUT2D eigenvalue weighted by molar-refractivity contribution is 5.89. The van der Waals surface area contributed by atoms with Crippen molar-refractivity contribution in [1.82, 2.24) is 9.88 Å². The molecule has 0 radical (unpaired) electrons. The Morgan fingerprint density at radius 3 is 2.45 bits per heavy atom. The molecule has 106 valence electrons. The second-order valence-electron chi connectivity index (χ2n) is 4.49. The van der Waals surface area contributed by atoms with Gasteiger partial charge in [0.1, 0.15) is 0 Å². The zero-order valence-electron chi connectivity index (χ0n) is 11.8. The lowest BCUT2D eigenvalue weighted by Crippen LogP contribution is -2.24. The third kappa shape index (κ3) is 3.78. The van der Waals surface area contributed by atoms with Gasteiger partial charge in [-0.05, 0) is 42.8 Å². The van der Waals surface area contributed by atoms with Gasteiger partial charge in [0.15, 0.2) is 0 Å². The van der Waals surface area contributed by atoms with Crippen molar-refractivity contribution in [2.45, 2.75) is 20.0 Å². The lowest BCUT2D eigenvalue weighted by molar-refractivity contribution is 0.254. The van der Waals surface area contributed by atoms with Crippen molar-refractivity contribution in [1.29, 1.82) is 0 Å². The first-order valence-corrected chi connectivity index (χ1v) is 6.68. The molecule has 0 atom stereocenters. The van der Waals surface area contributed by atoms with E-state index < -0.39 is 0 Å². The van der Waals surface area contributed by atoms with Crippen LogP contribution in [0.1, 0.15) is 12.5 Å². The van der Waals surface area contributed by atoms with Gasteiger partial charge in [0.05, 0.1) is 0 Å². The molecule has 0 saturated heterocycles. The van der Waals surface area contributed by atoms with Gasteiger partial charge in [-0.25, -0.2) is 4.79 Å². The van der Waals surface area contributed by atoms with Crippen molar-refractivity contribution in [2.75, 3.05) is 17.7 Å². The summed E-state index contributed by atoms with van der Waals surface area (Å²) in [5, 5.41) is 8.59. The first-order chi connectivity index (χ1) is 9.71. The topological polar surface area (TPSA) is 58.1 Å². The minimum absolute atomic E-state index is 0.216. The van der Waals surface area contributed by atoms with Crippen LogP contribution in [0.15, 0.2) is 42.7 Å². The van der Waals surface area contributed by atoms with Gasteiger partial charge in [0, 0.05) is 43.9 Å². The predicted octanol–water partition coefficient (Wildman–Crippen LogP) is 2.87. The summed E-state index contributed by atoms with van der Waals surface area (Å²) in [5.41, 5.74) is 3.04. The number of hydrogen-bond donors (Lipinski definition) is 3. The number of anilines is 2. The highest BCUT2D eigenvalue weighted by Crippen LogP contribution is 2.14. The molecule has 0 fully saturated rings. The van der Waals surface area contributed by atoms with Gasteiger partial charge >= 0.3 is 6.03 Å². The molecular weight excluding hydrogens is 252 g/mol. The van der Waals surface area contributed by atoms with Crippen molar-refractivity contribution in [3.63, 3.8) is 0 Å². The molecule has 5 nitrogen and oxygen atoms in total. The first kappa shape index (κ1) is 14.0. The molecule has 0 aliphatic carbocycles. The maximum atomic E-state index is 11.2. The highest BCUT2D eigenvalue weighted by Gasteiger charge is 1.99. The second kappa shape index (κ2) is 6.65. The average Bonchev–Trinajstić information content (AvgIpc) is 2.94. The number of nitrogens with one attached hydrogen (secondary N) is 3. The lowest BCUT2D eigenvalue weighted by atomic mass is 10.2. The molecule has 1 heterocycles. The number of rotatable bonds is 5. The monoisotopic (exact) mass is 272 g/mol. The number of nitrogens with zero attached hydrogens (tertiary/aromatic N) is 1. The van der Waals surface area contributed by atoms with Crippen LogP contribution in [-0.2, 0) is 13.1 Å². The van der Waals surface area contributed by atoms with E-state index >= 15 is 0 Å². The van der Waals surface area contributed by atoms with Crippen molar-refractivity contribution in [3.05, 3.63) is 48.3 Å². The Hall–Kier alpha value is -2.43. The number of carbonyl (C=O) groups excluding carboxylic acids is 1. The van der Waals surface area contributed by atoms with Crippen LogP contribution in [0.4, 0.5) is 16.2 Å². The van der Waals surface area contributed by atoms with Crippen LogP contribution in [0.2, 0.25) is 0 Å². The third-order valence-electron chi connectivity index (χ3n) is 3.04. The number of amides is 2. The smallest absolute Gasteiger partial charge is 0.318 e. The van der Waals surface area contributed by atoms with E-state index in [0.29, 0.717) is 0 Å². The van der Waals surface area contributed by atoms with Crippen LogP contribution in [0.25, 0.3) is 0 Å². The zero-order valence-corrected chi connectivity index (χ0v) is 11.8. The van der Waals surface area contributed by atoms with E-state index in [0.717, 1.165) is 24.5 Å². The number of hydrogen-bond acceptors (Lipinski definition) is 2. The van der Waals surface area contributed by atoms with E-state index in [-0.39, 0.29) is 6.03 Å². The van der Waals surface area contributed by atoms with Gasteiger partial charge in [-0.3, -0.25) is 0 Å². The molecule has 2 rings (SSSR count).